The predicted molar refractivity (Wildman–Crippen MR) is 268 cm³/mol. The van der Waals surface area contributed by atoms with Gasteiger partial charge in [0.15, 0.2) is 0 Å². The number of para-hydroxylation sites is 2. The molecule has 61 heavy (non-hydrogen) atoms. The van der Waals surface area contributed by atoms with Gasteiger partial charge in [0.25, 0.3) is 0 Å². The van der Waals surface area contributed by atoms with Crippen molar-refractivity contribution in [3.05, 3.63) is 211 Å². The Kier molecular flexibility index (Phi) is 9.58. The maximum Gasteiger partial charge on any atom is 0.0775 e. The third kappa shape index (κ3) is 6.95. The topological polar surface area (TPSA) is 6.48 Å². The summed E-state index contributed by atoms with van der Waals surface area (Å²) in [7, 11) is -1.52. The number of aryl methyl sites for hydroxylation is 3. The molecule has 0 aliphatic carbocycles. The zero-order valence-electron chi connectivity index (χ0n) is 35.9. The van der Waals surface area contributed by atoms with Crippen LogP contribution in [0.2, 0.25) is 19.6 Å². The van der Waals surface area contributed by atoms with Gasteiger partial charge in [-0.2, -0.15) is 0 Å². The molecule has 0 atom stereocenters. The smallest absolute Gasteiger partial charge is 0.0775 e. The Morgan fingerprint density at radius 1 is 0.328 bits per heavy atom. The van der Waals surface area contributed by atoms with E-state index in [0.29, 0.717) is 0 Å². The summed E-state index contributed by atoms with van der Waals surface area (Å²) < 4.78 is 0. The van der Waals surface area contributed by atoms with Gasteiger partial charge < -0.3 is 9.80 Å². The zero-order valence-corrected chi connectivity index (χ0v) is 36.9. The van der Waals surface area contributed by atoms with Crippen molar-refractivity contribution in [1.82, 2.24) is 0 Å². The van der Waals surface area contributed by atoms with Gasteiger partial charge >= 0.3 is 0 Å². The fourth-order valence-corrected chi connectivity index (χ4v) is 10.2. The number of hydrogen-bond donors (Lipinski definition) is 0. The number of hydrogen-bond acceptors (Lipinski definition) is 2. The second-order valence-corrected chi connectivity index (χ2v) is 22.7. The van der Waals surface area contributed by atoms with Crippen molar-refractivity contribution in [2.75, 3.05) is 9.80 Å². The molecular formula is C58H50N2Si. The van der Waals surface area contributed by atoms with E-state index in [-0.39, 0.29) is 0 Å². The molecule has 296 valence electrons. The lowest BCUT2D eigenvalue weighted by Crippen LogP contribution is -2.37. The highest BCUT2D eigenvalue weighted by molar-refractivity contribution is 6.88. The number of nitrogens with zero attached hydrogens (tertiary/aromatic N) is 2. The first-order chi connectivity index (χ1) is 29.6. The Morgan fingerprint density at radius 2 is 0.656 bits per heavy atom. The van der Waals surface area contributed by atoms with Gasteiger partial charge in [0.05, 0.1) is 19.4 Å². The van der Waals surface area contributed by atoms with Gasteiger partial charge in [0.2, 0.25) is 0 Å². The molecule has 0 fully saturated rings. The molecule has 0 aliphatic heterocycles. The maximum absolute atomic E-state index is 2.47. The minimum Gasteiger partial charge on any atom is -0.310 e. The van der Waals surface area contributed by atoms with Gasteiger partial charge in [0, 0.05) is 44.3 Å². The van der Waals surface area contributed by atoms with Crippen molar-refractivity contribution in [1.29, 1.82) is 0 Å². The molecule has 0 unspecified atom stereocenters. The van der Waals surface area contributed by atoms with Crippen molar-refractivity contribution >= 4 is 79.7 Å². The van der Waals surface area contributed by atoms with E-state index in [9.17, 15) is 0 Å². The van der Waals surface area contributed by atoms with Crippen LogP contribution in [0.5, 0.6) is 0 Å². The molecule has 0 saturated carbocycles. The fraction of sp³-hybridized carbons (Fsp3) is 0.103. The van der Waals surface area contributed by atoms with Crippen LogP contribution in [0.15, 0.2) is 194 Å². The van der Waals surface area contributed by atoms with E-state index in [0.717, 1.165) is 34.1 Å². The molecule has 0 radical (unpaired) electrons. The first-order valence-electron chi connectivity index (χ1n) is 21.4. The van der Waals surface area contributed by atoms with E-state index in [1.807, 2.05) is 0 Å². The average molecular weight is 803 g/mol. The third-order valence-electron chi connectivity index (χ3n) is 12.4. The van der Waals surface area contributed by atoms with Crippen LogP contribution in [0, 0.1) is 20.8 Å². The van der Waals surface area contributed by atoms with E-state index in [1.54, 1.807) is 0 Å². The predicted octanol–water partition coefficient (Wildman–Crippen LogP) is 16.3. The number of rotatable bonds is 9. The molecular weight excluding hydrogens is 753 g/mol. The lowest BCUT2D eigenvalue weighted by atomic mass is 9.85. The van der Waals surface area contributed by atoms with Crippen molar-refractivity contribution < 1.29 is 0 Å². The lowest BCUT2D eigenvalue weighted by molar-refractivity contribution is 1.29. The molecule has 0 bridgehead atoms. The average Bonchev–Trinajstić information content (AvgIpc) is 3.28. The van der Waals surface area contributed by atoms with Crippen molar-refractivity contribution in [2.45, 2.75) is 40.4 Å². The molecule has 0 aliphatic rings. The highest BCUT2D eigenvalue weighted by Gasteiger charge is 2.26. The molecule has 0 N–H and O–H groups in total. The minimum atomic E-state index is -1.52. The first kappa shape index (κ1) is 38.3. The first-order valence-corrected chi connectivity index (χ1v) is 24.9. The maximum atomic E-state index is 2.47. The van der Waals surface area contributed by atoms with E-state index < -0.39 is 8.07 Å². The summed E-state index contributed by atoms with van der Waals surface area (Å²) in [4.78, 5) is 4.92. The quantitative estimate of drug-likeness (QED) is 0.106. The minimum absolute atomic E-state index is 1.12. The van der Waals surface area contributed by atoms with Crippen molar-refractivity contribution in [2.24, 2.45) is 0 Å². The Morgan fingerprint density at radius 3 is 1.03 bits per heavy atom. The second kappa shape index (κ2) is 15.3. The Bertz CT molecular complexity index is 3150. The monoisotopic (exact) mass is 802 g/mol. The van der Waals surface area contributed by atoms with Crippen molar-refractivity contribution in [3.8, 4) is 22.3 Å². The highest BCUT2D eigenvalue weighted by atomic mass is 28.3. The standard InChI is InChI=1S/C58H50N2Si/c1-39-17-23-42(24-18-39)53-37-55(59(44-13-9-7-10-14-44)46-27-21-41(3)22-28-46)51-35-33-50-54(43-25-19-40(2)20-26-43)38-56(52-36-34-49(53)57(51)58(50)52)60(45-15-11-8-12-16-45)47-29-31-48(32-30-47)61(4,5)6/h7-38H,1-6H3. The van der Waals surface area contributed by atoms with Gasteiger partial charge in [-0.05, 0) is 114 Å². The third-order valence-corrected chi connectivity index (χ3v) is 14.4. The molecule has 10 aromatic carbocycles. The van der Waals surface area contributed by atoms with Crippen LogP contribution in [0.3, 0.4) is 0 Å². The molecule has 2 nitrogen and oxygen atoms in total. The molecule has 10 aromatic rings. The van der Waals surface area contributed by atoms with E-state index in [1.165, 1.54) is 76.4 Å². The molecule has 3 heteroatoms. The fourth-order valence-electron chi connectivity index (χ4n) is 9.08. The van der Waals surface area contributed by atoms with Gasteiger partial charge in [-0.1, -0.05) is 175 Å². The number of anilines is 6. The van der Waals surface area contributed by atoms with Crippen LogP contribution < -0.4 is 15.0 Å². The summed E-state index contributed by atoms with van der Waals surface area (Å²) in [6, 6.07) is 72.6. The molecule has 0 amide bonds. The van der Waals surface area contributed by atoms with Crippen LogP contribution in [-0.4, -0.2) is 8.07 Å². The van der Waals surface area contributed by atoms with Gasteiger partial charge in [0.1, 0.15) is 0 Å². The Labute approximate surface area is 361 Å². The molecule has 10 rings (SSSR count). The summed E-state index contributed by atoms with van der Waals surface area (Å²) >= 11 is 0. The van der Waals surface area contributed by atoms with E-state index >= 15 is 0 Å². The van der Waals surface area contributed by atoms with E-state index in [2.05, 4.69) is 244 Å². The van der Waals surface area contributed by atoms with Crippen LogP contribution in [0.25, 0.3) is 54.6 Å². The van der Waals surface area contributed by atoms with Crippen LogP contribution in [0.4, 0.5) is 34.1 Å². The summed E-state index contributed by atoms with van der Waals surface area (Å²) in [5.41, 5.74) is 15.4. The second-order valence-electron chi connectivity index (χ2n) is 17.7. The highest BCUT2D eigenvalue weighted by Crippen LogP contribution is 2.52. The lowest BCUT2D eigenvalue weighted by Gasteiger charge is -2.31. The normalized spacial score (nSPS) is 11.8. The van der Waals surface area contributed by atoms with Gasteiger partial charge in [-0.15, -0.1) is 0 Å². The van der Waals surface area contributed by atoms with Crippen LogP contribution >= 0.6 is 0 Å². The molecule has 0 heterocycles. The van der Waals surface area contributed by atoms with Gasteiger partial charge in [-0.25, -0.2) is 0 Å². The molecule has 0 spiro atoms. The van der Waals surface area contributed by atoms with Crippen LogP contribution in [-0.2, 0) is 0 Å². The summed E-state index contributed by atoms with van der Waals surface area (Å²) in [5, 5.41) is 8.92. The largest absolute Gasteiger partial charge is 0.310 e. The molecule has 0 saturated heterocycles. The van der Waals surface area contributed by atoms with Gasteiger partial charge in [-0.3, -0.25) is 0 Å². The summed E-state index contributed by atoms with van der Waals surface area (Å²) in [5.74, 6) is 0. The van der Waals surface area contributed by atoms with E-state index in [4.69, 9.17) is 0 Å². The molecule has 0 aromatic heterocycles. The Hall–Kier alpha value is -6.94. The zero-order chi connectivity index (χ0) is 41.8. The number of benzene rings is 10. The summed E-state index contributed by atoms with van der Waals surface area (Å²) in [6.07, 6.45) is 0. The Balaban J connectivity index is 1.36. The van der Waals surface area contributed by atoms with Crippen LogP contribution in [0.1, 0.15) is 16.7 Å². The summed E-state index contributed by atoms with van der Waals surface area (Å²) in [6.45, 7) is 13.7. The SMILES string of the molecule is Cc1ccc(-c2cc(N(c3ccccc3)c3ccc(C)cc3)c3ccc4c(-c5ccc(C)cc5)cc(N(c5ccccc5)c5ccc([Si](C)(C)C)cc5)c5ccc2c3c45)cc1. The van der Waals surface area contributed by atoms with Crippen molar-refractivity contribution in [3.63, 3.8) is 0 Å².